The fourth-order valence-electron chi connectivity index (χ4n) is 8.74. The Labute approximate surface area is 191 Å². The van der Waals surface area contributed by atoms with Crippen LogP contribution in [0.2, 0.25) is 0 Å². The molecule has 8 atom stereocenters. The van der Waals surface area contributed by atoms with Gasteiger partial charge in [-0.15, -0.1) is 5.10 Å². The molecule has 1 heterocycles. The summed E-state index contributed by atoms with van der Waals surface area (Å²) in [6.45, 7) is 5.06. The summed E-state index contributed by atoms with van der Waals surface area (Å²) in [5.41, 5.74) is -0.515. The van der Waals surface area contributed by atoms with E-state index in [1.54, 1.807) is 11.8 Å². The van der Waals surface area contributed by atoms with Crippen LogP contribution in [0.4, 0.5) is 0 Å². The van der Waals surface area contributed by atoms with E-state index in [9.17, 15) is 9.90 Å². The third kappa shape index (κ3) is 3.73. The lowest BCUT2D eigenvalue weighted by atomic mass is 9.44. The van der Waals surface area contributed by atoms with Gasteiger partial charge in [-0.05, 0) is 110 Å². The first-order valence-electron chi connectivity index (χ1n) is 12.8. The van der Waals surface area contributed by atoms with E-state index in [-0.39, 0.29) is 11.3 Å². The van der Waals surface area contributed by atoms with Gasteiger partial charge in [0.05, 0.1) is 12.2 Å². The summed E-state index contributed by atoms with van der Waals surface area (Å²) < 4.78 is 7.00. The van der Waals surface area contributed by atoms with E-state index in [4.69, 9.17) is 4.74 Å². The van der Waals surface area contributed by atoms with Gasteiger partial charge in [0.15, 0.2) is 5.78 Å². The molecule has 4 saturated carbocycles. The highest BCUT2D eigenvalue weighted by Crippen LogP contribution is 2.63. The molecule has 1 aromatic heterocycles. The molecule has 1 N–H and O–H groups in total. The van der Waals surface area contributed by atoms with Crippen molar-refractivity contribution in [3.63, 3.8) is 0 Å². The Balaban J connectivity index is 1.32. The van der Waals surface area contributed by atoms with Crippen LogP contribution in [-0.4, -0.2) is 50.4 Å². The molecular weight excluding hydrogens is 404 g/mol. The average Bonchev–Trinajstić information content (AvgIpc) is 3.16. The number of hydrogen-bond donors (Lipinski definition) is 1. The van der Waals surface area contributed by atoms with Crippen LogP contribution in [0.15, 0.2) is 0 Å². The quantitative estimate of drug-likeness (QED) is 0.746. The predicted molar refractivity (Wildman–Crippen MR) is 120 cm³/mol. The maximum atomic E-state index is 13.4. The Hall–Kier alpha value is -1.34. The first kappa shape index (κ1) is 22.5. The first-order valence-corrected chi connectivity index (χ1v) is 12.8. The fourth-order valence-corrected chi connectivity index (χ4v) is 8.74. The molecule has 4 aliphatic rings. The molecule has 0 unspecified atom stereocenters. The van der Waals surface area contributed by atoms with E-state index in [2.05, 4.69) is 22.4 Å². The summed E-state index contributed by atoms with van der Waals surface area (Å²) in [5.74, 6) is 4.71. The van der Waals surface area contributed by atoms with Crippen LogP contribution in [0.3, 0.4) is 0 Å². The SMILES string of the molecule is COC[C@@]1(O)CC[C@H]2[C@@H](CC[C@@H]3[C@@H]2CC[C@]2(C)[C@@H](C(=O)Cn4nnnc4C)CCC[C@@H]32)C1. The van der Waals surface area contributed by atoms with Crippen LogP contribution in [0.5, 0.6) is 0 Å². The van der Waals surface area contributed by atoms with Crippen molar-refractivity contribution >= 4 is 5.78 Å². The van der Waals surface area contributed by atoms with Gasteiger partial charge in [0.1, 0.15) is 12.4 Å². The number of methoxy groups -OCH3 is 1. The number of nitrogens with zero attached hydrogens (tertiary/aromatic N) is 4. The highest BCUT2D eigenvalue weighted by molar-refractivity contribution is 5.81. The zero-order valence-corrected chi connectivity index (χ0v) is 20.0. The molecule has 4 aliphatic carbocycles. The number of Topliss-reactive ketones (excluding diaryl/α,β-unsaturated/α-hetero) is 1. The number of fused-ring (bicyclic) bond motifs is 5. The minimum absolute atomic E-state index is 0.108. The molecule has 1 aromatic rings. The van der Waals surface area contributed by atoms with Crippen molar-refractivity contribution in [1.29, 1.82) is 0 Å². The van der Waals surface area contributed by atoms with Gasteiger partial charge in [-0.3, -0.25) is 4.79 Å². The lowest BCUT2D eigenvalue weighted by Gasteiger charge is -2.60. The second-order valence-corrected chi connectivity index (χ2v) is 11.7. The molecule has 5 rings (SSSR count). The zero-order chi connectivity index (χ0) is 22.5. The third-order valence-electron chi connectivity index (χ3n) is 10.2. The highest BCUT2D eigenvalue weighted by Gasteiger charge is 2.57. The Kier molecular flexibility index (Phi) is 5.94. The van der Waals surface area contributed by atoms with Crippen LogP contribution in [-0.2, 0) is 16.1 Å². The van der Waals surface area contributed by atoms with Crippen LogP contribution >= 0.6 is 0 Å². The van der Waals surface area contributed by atoms with Gasteiger partial charge >= 0.3 is 0 Å². The van der Waals surface area contributed by atoms with Crippen molar-refractivity contribution in [2.75, 3.05) is 13.7 Å². The van der Waals surface area contributed by atoms with Crippen molar-refractivity contribution in [2.24, 2.45) is 40.9 Å². The second kappa shape index (κ2) is 8.46. The van der Waals surface area contributed by atoms with Gasteiger partial charge in [0, 0.05) is 13.0 Å². The van der Waals surface area contributed by atoms with Crippen LogP contribution in [0, 0.1) is 47.8 Å². The lowest BCUT2D eigenvalue weighted by molar-refractivity contribution is -0.153. The van der Waals surface area contributed by atoms with Crippen molar-refractivity contribution < 1.29 is 14.6 Å². The largest absolute Gasteiger partial charge is 0.387 e. The molecule has 4 fully saturated rings. The first-order chi connectivity index (χ1) is 15.3. The normalized spacial score (nSPS) is 43.8. The molecule has 178 valence electrons. The zero-order valence-electron chi connectivity index (χ0n) is 20.0. The van der Waals surface area contributed by atoms with E-state index >= 15 is 0 Å². The topological polar surface area (TPSA) is 90.1 Å². The van der Waals surface area contributed by atoms with E-state index in [1.807, 2.05) is 6.92 Å². The number of carbonyl (C=O) groups is 1. The highest BCUT2D eigenvalue weighted by atomic mass is 16.5. The number of carbonyl (C=O) groups excluding carboxylic acids is 1. The fraction of sp³-hybridized carbons (Fsp3) is 0.920. The molecule has 0 saturated heterocycles. The Morgan fingerprint density at radius 2 is 1.94 bits per heavy atom. The van der Waals surface area contributed by atoms with Gasteiger partial charge in [-0.1, -0.05) is 13.3 Å². The molecule has 7 heteroatoms. The lowest BCUT2D eigenvalue weighted by Crippen LogP contribution is -2.55. The van der Waals surface area contributed by atoms with E-state index in [0.717, 1.165) is 56.3 Å². The maximum absolute atomic E-state index is 13.4. The molecule has 0 radical (unpaired) electrons. The van der Waals surface area contributed by atoms with Crippen molar-refractivity contribution in [3.05, 3.63) is 5.82 Å². The number of ether oxygens (including phenoxy) is 1. The molecule has 0 amide bonds. The number of hydrogen-bond acceptors (Lipinski definition) is 6. The molecule has 0 spiro atoms. The molecular formula is C25H40N4O3. The predicted octanol–water partition coefficient (Wildman–Crippen LogP) is 3.59. The van der Waals surface area contributed by atoms with Gasteiger partial charge < -0.3 is 9.84 Å². The van der Waals surface area contributed by atoms with Crippen LogP contribution < -0.4 is 0 Å². The minimum Gasteiger partial charge on any atom is -0.387 e. The third-order valence-corrected chi connectivity index (χ3v) is 10.2. The van der Waals surface area contributed by atoms with Gasteiger partial charge in [-0.25, -0.2) is 4.68 Å². The van der Waals surface area contributed by atoms with Gasteiger partial charge in [0.25, 0.3) is 0 Å². The summed E-state index contributed by atoms with van der Waals surface area (Å²) >= 11 is 0. The molecule has 0 aliphatic heterocycles. The summed E-state index contributed by atoms with van der Waals surface area (Å²) in [5, 5.41) is 22.7. The summed E-state index contributed by atoms with van der Waals surface area (Å²) in [6, 6.07) is 0. The Morgan fingerprint density at radius 3 is 2.69 bits per heavy atom. The Morgan fingerprint density at radius 1 is 1.12 bits per heavy atom. The van der Waals surface area contributed by atoms with Crippen LogP contribution in [0.1, 0.15) is 77.0 Å². The van der Waals surface area contributed by atoms with E-state index < -0.39 is 5.60 Å². The standard InChI is InChI=1S/C25H40N4O3/c1-16-26-27-28-29(16)14-23(30)22-6-4-5-21-20-8-7-17-13-25(31,15-32-3)12-10-18(17)19(20)9-11-24(21,22)2/h17-22,31H,4-15H2,1-3H3/t17-,18-,19+,20+,21-,22+,24-,25+/m0/s1. The monoisotopic (exact) mass is 444 g/mol. The van der Waals surface area contributed by atoms with Crippen LogP contribution in [0.25, 0.3) is 0 Å². The van der Waals surface area contributed by atoms with Crippen molar-refractivity contribution in [2.45, 2.75) is 90.2 Å². The number of aliphatic hydroxyl groups is 1. The second-order valence-electron chi connectivity index (χ2n) is 11.7. The molecule has 0 aromatic carbocycles. The van der Waals surface area contributed by atoms with Crippen molar-refractivity contribution in [1.82, 2.24) is 20.2 Å². The minimum atomic E-state index is -0.622. The molecule has 7 nitrogen and oxygen atoms in total. The maximum Gasteiger partial charge on any atom is 0.158 e. The van der Waals surface area contributed by atoms with Gasteiger partial charge in [0.2, 0.25) is 0 Å². The summed E-state index contributed by atoms with van der Waals surface area (Å²) in [4.78, 5) is 13.4. The van der Waals surface area contributed by atoms with Crippen molar-refractivity contribution in [3.8, 4) is 0 Å². The number of aromatic nitrogens is 4. The summed E-state index contributed by atoms with van der Waals surface area (Å²) in [7, 11) is 1.70. The number of tetrazole rings is 1. The van der Waals surface area contributed by atoms with Gasteiger partial charge in [-0.2, -0.15) is 0 Å². The average molecular weight is 445 g/mol. The molecule has 0 bridgehead atoms. The smallest absolute Gasteiger partial charge is 0.158 e. The Bertz CT molecular complexity index is 843. The summed E-state index contributed by atoms with van der Waals surface area (Å²) in [6.07, 6.45) is 11.3. The van der Waals surface area contributed by atoms with E-state index in [0.29, 0.717) is 36.6 Å². The number of aryl methyl sites for hydroxylation is 1. The number of rotatable bonds is 5. The number of ketones is 1. The molecule has 32 heavy (non-hydrogen) atoms. The van der Waals surface area contributed by atoms with E-state index in [1.165, 1.54) is 25.7 Å².